The van der Waals surface area contributed by atoms with E-state index in [4.69, 9.17) is 23.2 Å². The molecule has 1 fully saturated rings. The number of rotatable bonds is 7. The molecular formula is C22H24Cl2N4O3. The van der Waals surface area contributed by atoms with Crippen molar-refractivity contribution in [3.8, 4) is 0 Å². The molecule has 1 aliphatic rings. The summed E-state index contributed by atoms with van der Waals surface area (Å²) in [6.07, 6.45) is 0. The van der Waals surface area contributed by atoms with Crippen molar-refractivity contribution in [2.75, 3.05) is 39.3 Å². The third-order valence-corrected chi connectivity index (χ3v) is 5.75. The molecule has 31 heavy (non-hydrogen) atoms. The lowest BCUT2D eigenvalue weighted by Gasteiger charge is -2.34. The number of amides is 3. The van der Waals surface area contributed by atoms with E-state index in [0.29, 0.717) is 49.9 Å². The molecule has 0 unspecified atom stereocenters. The molecule has 0 radical (unpaired) electrons. The van der Waals surface area contributed by atoms with Crippen molar-refractivity contribution in [3.05, 3.63) is 69.7 Å². The summed E-state index contributed by atoms with van der Waals surface area (Å²) in [5.41, 5.74) is 1.39. The Morgan fingerprint density at radius 3 is 2.26 bits per heavy atom. The van der Waals surface area contributed by atoms with Gasteiger partial charge in [-0.05, 0) is 23.8 Å². The van der Waals surface area contributed by atoms with Crippen molar-refractivity contribution in [1.29, 1.82) is 0 Å². The first-order valence-corrected chi connectivity index (χ1v) is 10.7. The van der Waals surface area contributed by atoms with Crippen molar-refractivity contribution >= 4 is 40.9 Å². The SMILES string of the molecule is O=C(CN1CCN(C(=O)CNC(=O)c2ccc(Cl)c(Cl)c2)CC1)NCc1ccccc1. The molecular weight excluding hydrogens is 439 g/mol. The topological polar surface area (TPSA) is 81.8 Å². The van der Waals surface area contributed by atoms with E-state index >= 15 is 0 Å². The third kappa shape index (κ3) is 6.95. The number of nitrogens with zero attached hydrogens (tertiary/aromatic N) is 2. The van der Waals surface area contributed by atoms with Crippen LogP contribution in [0.1, 0.15) is 15.9 Å². The Morgan fingerprint density at radius 1 is 0.871 bits per heavy atom. The summed E-state index contributed by atoms with van der Waals surface area (Å²) < 4.78 is 0. The Bertz CT molecular complexity index is 932. The average molecular weight is 463 g/mol. The molecule has 2 N–H and O–H groups in total. The fraction of sp³-hybridized carbons (Fsp3) is 0.318. The predicted molar refractivity (Wildman–Crippen MR) is 120 cm³/mol. The number of hydrogen-bond acceptors (Lipinski definition) is 4. The van der Waals surface area contributed by atoms with Crippen LogP contribution < -0.4 is 10.6 Å². The van der Waals surface area contributed by atoms with Crippen molar-refractivity contribution in [1.82, 2.24) is 20.4 Å². The standard InChI is InChI=1S/C22H24Cl2N4O3/c23-18-7-6-17(12-19(18)24)22(31)26-14-21(30)28-10-8-27(9-11-28)15-20(29)25-13-16-4-2-1-3-5-16/h1-7,12H,8-11,13-15H2,(H,25,29)(H,26,31). The Kier molecular flexibility index (Phi) is 8.28. The summed E-state index contributed by atoms with van der Waals surface area (Å²) in [6, 6.07) is 14.3. The van der Waals surface area contributed by atoms with E-state index < -0.39 is 0 Å². The lowest BCUT2D eigenvalue weighted by Crippen LogP contribution is -2.52. The number of nitrogens with one attached hydrogen (secondary N) is 2. The number of piperazine rings is 1. The molecule has 1 heterocycles. The normalized spacial score (nSPS) is 14.2. The summed E-state index contributed by atoms with van der Waals surface area (Å²) in [5.74, 6) is -0.597. The lowest BCUT2D eigenvalue weighted by molar-refractivity contribution is -0.132. The minimum Gasteiger partial charge on any atom is -0.351 e. The second kappa shape index (κ2) is 11.1. The van der Waals surface area contributed by atoms with Gasteiger partial charge >= 0.3 is 0 Å². The Morgan fingerprint density at radius 2 is 1.58 bits per heavy atom. The van der Waals surface area contributed by atoms with Crippen LogP contribution in [0.15, 0.2) is 48.5 Å². The Labute approximate surface area is 191 Å². The van der Waals surface area contributed by atoms with Crippen LogP contribution in [0, 0.1) is 0 Å². The van der Waals surface area contributed by atoms with Crippen LogP contribution in [0.4, 0.5) is 0 Å². The molecule has 164 valence electrons. The monoisotopic (exact) mass is 462 g/mol. The maximum Gasteiger partial charge on any atom is 0.251 e. The second-order valence-corrected chi connectivity index (χ2v) is 8.05. The molecule has 0 aliphatic carbocycles. The summed E-state index contributed by atoms with van der Waals surface area (Å²) in [4.78, 5) is 40.5. The minimum atomic E-state index is -0.388. The molecule has 0 saturated carbocycles. The summed E-state index contributed by atoms with van der Waals surface area (Å²) in [6.45, 7) is 2.91. The Hall–Kier alpha value is -2.61. The summed E-state index contributed by atoms with van der Waals surface area (Å²) in [5, 5.41) is 6.16. The molecule has 3 amide bonds. The van der Waals surface area contributed by atoms with Crippen LogP contribution >= 0.6 is 23.2 Å². The first-order chi connectivity index (χ1) is 14.9. The third-order valence-electron chi connectivity index (χ3n) is 5.01. The smallest absolute Gasteiger partial charge is 0.251 e. The number of benzene rings is 2. The van der Waals surface area contributed by atoms with Gasteiger partial charge in [0.2, 0.25) is 11.8 Å². The number of halogens is 2. The minimum absolute atomic E-state index is 0.0440. The molecule has 0 bridgehead atoms. The summed E-state index contributed by atoms with van der Waals surface area (Å²) in [7, 11) is 0. The van der Waals surface area contributed by atoms with Gasteiger partial charge in [-0.2, -0.15) is 0 Å². The maximum absolute atomic E-state index is 12.4. The highest BCUT2D eigenvalue weighted by Gasteiger charge is 2.22. The molecule has 3 rings (SSSR count). The van der Waals surface area contributed by atoms with Crippen molar-refractivity contribution in [2.45, 2.75) is 6.54 Å². The van der Waals surface area contributed by atoms with Crippen molar-refractivity contribution < 1.29 is 14.4 Å². The van der Waals surface area contributed by atoms with E-state index in [0.717, 1.165) is 5.56 Å². The highest BCUT2D eigenvalue weighted by molar-refractivity contribution is 6.42. The zero-order chi connectivity index (χ0) is 22.2. The van der Waals surface area contributed by atoms with Gasteiger partial charge in [0.05, 0.1) is 23.1 Å². The van der Waals surface area contributed by atoms with E-state index in [1.165, 1.54) is 12.1 Å². The quantitative estimate of drug-likeness (QED) is 0.660. The van der Waals surface area contributed by atoms with Gasteiger partial charge in [-0.3, -0.25) is 19.3 Å². The van der Waals surface area contributed by atoms with Crippen LogP contribution in [0.25, 0.3) is 0 Å². The van der Waals surface area contributed by atoms with E-state index in [9.17, 15) is 14.4 Å². The fourth-order valence-electron chi connectivity index (χ4n) is 3.22. The van der Waals surface area contributed by atoms with E-state index in [1.54, 1.807) is 11.0 Å². The molecule has 0 aromatic heterocycles. The molecule has 2 aromatic carbocycles. The summed E-state index contributed by atoms with van der Waals surface area (Å²) >= 11 is 11.8. The number of hydrogen-bond donors (Lipinski definition) is 2. The average Bonchev–Trinajstić information content (AvgIpc) is 2.79. The fourth-order valence-corrected chi connectivity index (χ4v) is 3.52. The molecule has 2 aromatic rings. The predicted octanol–water partition coefficient (Wildman–Crippen LogP) is 2.18. The van der Waals surface area contributed by atoms with E-state index in [-0.39, 0.29) is 29.3 Å². The molecule has 9 heteroatoms. The van der Waals surface area contributed by atoms with Gasteiger partial charge in [0.15, 0.2) is 0 Å². The van der Waals surface area contributed by atoms with Gasteiger partial charge < -0.3 is 15.5 Å². The van der Waals surface area contributed by atoms with Gasteiger partial charge in [-0.15, -0.1) is 0 Å². The van der Waals surface area contributed by atoms with Gasteiger partial charge in [0.25, 0.3) is 5.91 Å². The van der Waals surface area contributed by atoms with E-state index in [1.807, 2.05) is 35.2 Å². The van der Waals surface area contributed by atoms with Gasteiger partial charge in [0, 0.05) is 38.3 Å². The number of carbonyl (C=O) groups excluding carboxylic acids is 3. The maximum atomic E-state index is 12.4. The van der Waals surface area contributed by atoms with Gasteiger partial charge in [0.1, 0.15) is 0 Å². The first-order valence-electron chi connectivity index (χ1n) is 9.96. The highest BCUT2D eigenvalue weighted by Crippen LogP contribution is 2.22. The van der Waals surface area contributed by atoms with Crippen LogP contribution in [-0.4, -0.2) is 66.8 Å². The first kappa shape index (κ1) is 23.1. The van der Waals surface area contributed by atoms with Crippen LogP contribution in [0.5, 0.6) is 0 Å². The van der Waals surface area contributed by atoms with Crippen LogP contribution in [-0.2, 0) is 16.1 Å². The molecule has 1 aliphatic heterocycles. The molecule has 7 nitrogen and oxygen atoms in total. The zero-order valence-corrected chi connectivity index (χ0v) is 18.5. The molecule has 0 atom stereocenters. The molecule has 1 saturated heterocycles. The van der Waals surface area contributed by atoms with Gasteiger partial charge in [-0.1, -0.05) is 53.5 Å². The Balaban J connectivity index is 1.36. The molecule has 0 spiro atoms. The van der Waals surface area contributed by atoms with Gasteiger partial charge in [-0.25, -0.2) is 0 Å². The largest absolute Gasteiger partial charge is 0.351 e. The van der Waals surface area contributed by atoms with Crippen molar-refractivity contribution in [2.24, 2.45) is 0 Å². The number of carbonyl (C=O) groups is 3. The van der Waals surface area contributed by atoms with Crippen molar-refractivity contribution in [3.63, 3.8) is 0 Å². The van der Waals surface area contributed by atoms with Crippen LogP contribution in [0.2, 0.25) is 10.0 Å². The van der Waals surface area contributed by atoms with Crippen LogP contribution in [0.3, 0.4) is 0 Å². The second-order valence-electron chi connectivity index (χ2n) is 7.23. The highest BCUT2D eigenvalue weighted by atomic mass is 35.5. The van der Waals surface area contributed by atoms with E-state index in [2.05, 4.69) is 10.6 Å². The lowest BCUT2D eigenvalue weighted by atomic mass is 10.2. The zero-order valence-electron chi connectivity index (χ0n) is 16.9.